The summed E-state index contributed by atoms with van der Waals surface area (Å²) in [5.41, 5.74) is 0.616. The van der Waals surface area contributed by atoms with Gasteiger partial charge < -0.3 is 9.30 Å². The largest absolute Gasteiger partial charge is 0.383 e. The van der Waals surface area contributed by atoms with Crippen molar-refractivity contribution in [3.05, 3.63) is 49.6 Å². The number of carbonyl (C=O) groups excluding carboxylic acids is 1. The summed E-state index contributed by atoms with van der Waals surface area (Å²) in [5, 5.41) is 11.2. The fourth-order valence-corrected chi connectivity index (χ4v) is 8.18. The van der Waals surface area contributed by atoms with Crippen molar-refractivity contribution in [1.82, 2.24) is 8.87 Å². The van der Waals surface area contributed by atoms with Gasteiger partial charge in [-0.25, -0.2) is 8.42 Å². The lowest BCUT2D eigenvalue weighted by Gasteiger charge is -2.31. The first-order chi connectivity index (χ1) is 16.2. The second-order valence-electron chi connectivity index (χ2n) is 7.57. The van der Waals surface area contributed by atoms with Gasteiger partial charge in [-0.1, -0.05) is 29.4 Å². The number of methoxy groups -OCH3 is 1. The highest BCUT2D eigenvalue weighted by molar-refractivity contribution is 7.91. The summed E-state index contributed by atoms with van der Waals surface area (Å²) in [7, 11) is -2.36. The lowest BCUT2D eigenvalue weighted by molar-refractivity contribution is -0.384. The standard InChI is InChI=1S/C20H21ClN4O6S3/c1-31-11-10-23-14-6-5-13(25(27)28)12-16(14)32-20(23)22-19(26)15-4-2-3-9-24(15)34(29,30)18-8-7-17(21)33-18/h5-8,12,15H,2-4,9-11H2,1H3. The Kier molecular flexibility index (Phi) is 7.50. The Balaban J connectivity index is 1.75. The molecule has 2 aromatic heterocycles. The number of thiophene rings is 1. The minimum atomic E-state index is -3.90. The van der Waals surface area contributed by atoms with Crippen LogP contribution in [0.15, 0.2) is 39.5 Å². The Bertz CT molecular complexity index is 1410. The minimum absolute atomic E-state index is 0.0651. The summed E-state index contributed by atoms with van der Waals surface area (Å²) < 4.78 is 35.6. The average molecular weight is 545 g/mol. The molecular formula is C20H21ClN4O6S3. The van der Waals surface area contributed by atoms with Gasteiger partial charge in [-0.3, -0.25) is 14.9 Å². The molecule has 1 aliphatic heterocycles. The zero-order valence-corrected chi connectivity index (χ0v) is 21.3. The molecule has 3 aromatic rings. The number of benzene rings is 1. The van der Waals surface area contributed by atoms with E-state index in [9.17, 15) is 23.3 Å². The van der Waals surface area contributed by atoms with Crippen molar-refractivity contribution in [3.8, 4) is 0 Å². The SMILES string of the molecule is COCCn1c(=NC(=O)C2CCCCN2S(=O)(=O)c2ccc(Cl)s2)sc2cc([N+](=O)[O-])ccc21. The molecule has 0 bridgehead atoms. The average Bonchev–Trinajstić information content (AvgIpc) is 3.40. The number of nitrogens with zero attached hydrogens (tertiary/aromatic N) is 4. The quantitative estimate of drug-likeness (QED) is 0.330. The van der Waals surface area contributed by atoms with Crippen LogP contribution < -0.4 is 4.80 Å². The molecule has 1 aliphatic rings. The van der Waals surface area contributed by atoms with Gasteiger partial charge in [-0.05, 0) is 31.0 Å². The van der Waals surface area contributed by atoms with Crippen LogP contribution in [0.1, 0.15) is 19.3 Å². The van der Waals surface area contributed by atoms with Gasteiger partial charge in [0.1, 0.15) is 10.3 Å². The molecule has 1 atom stereocenters. The first kappa shape index (κ1) is 24.9. The molecule has 14 heteroatoms. The van der Waals surface area contributed by atoms with Gasteiger partial charge in [-0.15, -0.1) is 11.3 Å². The van der Waals surface area contributed by atoms with Gasteiger partial charge in [0.2, 0.25) is 0 Å². The van der Waals surface area contributed by atoms with Gasteiger partial charge in [0.15, 0.2) is 4.80 Å². The number of hydrogen-bond acceptors (Lipinski definition) is 8. The van der Waals surface area contributed by atoms with E-state index >= 15 is 0 Å². The number of hydrogen-bond donors (Lipinski definition) is 0. The van der Waals surface area contributed by atoms with E-state index in [0.717, 1.165) is 22.7 Å². The summed E-state index contributed by atoms with van der Waals surface area (Å²) in [5.74, 6) is -0.571. The Morgan fingerprint density at radius 3 is 2.76 bits per heavy atom. The van der Waals surface area contributed by atoms with Crippen LogP contribution in [0, 0.1) is 10.1 Å². The normalized spacial score (nSPS) is 17.9. The van der Waals surface area contributed by atoms with Crippen molar-refractivity contribution in [2.24, 2.45) is 4.99 Å². The van der Waals surface area contributed by atoms with E-state index in [4.69, 9.17) is 16.3 Å². The van der Waals surface area contributed by atoms with E-state index in [1.807, 2.05) is 0 Å². The number of non-ortho nitro benzene ring substituents is 1. The van der Waals surface area contributed by atoms with Gasteiger partial charge in [0.05, 0.1) is 26.1 Å². The Hall–Kier alpha value is -2.16. The molecule has 1 aromatic carbocycles. The fourth-order valence-electron chi connectivity index (χ4n) is 3.82. The van der Waals surface area contributed by atoms with E-state index in [0.29, 0.717) is 51.8 Å². The number of amides is 1. The van der Waals surface area contributed by atoms with Gasteiger partial charge in [-0.2, -0.15) is 9.30 Å². The maximum Gasteiger partial charge on any atom is 0.270 e. The van der Waals surface area contributed by atoms with Crippen LogP contribution in [0.5, 0.6) is 0 Å². The lowest BCUT2D eigenvalue weighted by atomic mass is 10.0. The second kappa shape index (κ2) is 10.2. The third-order valence-electron chi connectivity index (χ3n) is 5.45. The maximum atomic E-state index is 13.3. The van der Waals surface area contributed by atoms with E-state index < -0.39 is 26.9 Å². The molecule has 182 valence electrons. The van der Waals surface area contributed by atoms with Crippen LogP contribution in [0.2, 0.25) is 4.34 Å². The number of thiazole rings is 1. The van der Waals surface area contributed by atoms with Crippen molar-refractivity contribution < 1.29 is 22.9 Å². The van der Waals surface area contributed by atoms with Gasteiger partial charge >= 0.3 is 0 Å². The highest BCUT2D eigenvalue weighted by atomic mass is 35.5. The molecule has 4 rings (SSSR count). The van der Waals surface area contributed by atoms with Crippen LogP contribution in [-0.2, 0) is 26.1 Å². The van der Waals surface area contributed by atoms with E-state index in [2.05, 4.69) is 4.99 Å². The van der Waals surface area contributed by atoms with Crippen molar-refractivity contribution in [3.63, 3.8) is 0 Å². The monoisotopic (exact) mass is 544 g/mol. The number of nitro groups is 1. The number of sulfonamides is 1. The first-order valence-electron chi connectivity index (χ1n) is 10.3. The van der Waals surface area contributed by atoms with Crippen LogP contribution in [0.4, 0.5) is 5.69 Å². The Labute approximate surface area is 208 Å². The van der Waals surface area contributed by atoms with Crippen molar-refractivity contribution in [1.29, 1.82) is 0 Å². The molecule has 0 saturated carbocycles. The molecule has 1 amide bonds. The predicted octanol–water partition coefficient (Wildman–Crippen LogP) is 3.64. The Morgan fingerprint density at radius 2 is 2.09 bits per heavy atom. The molecule has 0 N–H and O–H groups in total. The second-order valence-corrected chi connectivity index (χ2v) is 12.4. The summed E-state index contributed by atoms with van der Waals surface area (Å²) in [6.07, 6.45) is 1.70. The van der Waals surface area contributed by atoms with Crippen LogP contribution in [-0.4, -0.2) is 54.4 Å². The third-order valence-corrected chi connectivity index (χ3v) is 10.1. The van der Waals surface area contributed by atoms with Crippen molar-refractivity contribution >= 4 is 66.1 Å². The highest BCUT2D eigenvalue weighted by Crippen LogP contribution is 2.32. The number of carbonyl (C=O) groups is 1. The number of halogens is 1. The topological polar surface area (TPSA) is 124 Å². The highest BCUT2D eigenvalue weighted by Gasteiger charge is 2.38. The zero-order chi connectivity index (χ0) is 24.5. The number of fused-ring (bicyclic) bond motifs is 1. The van der Waals surface area contributed by atoms with E-state index in [-0.39, 0.29) is 16.4 Å². The van der Waals surface area contributed by atoms with E-state index in [1.165, 1.54) is 28.6 Å². The van der Waals surface area contributed by atoms with Crippen molar-refractivity contribution in [2.45, 2.75) is 36.1 Å². The molecule has 1 unspecified atom stereocenters. The fraction of sp³-hybridized carbons (Fsp3) is 0.400. The molecule has 34 heavy (non-hydrogen) atoms. The van der Waals surface area contributed by atoms with Gasteiger partial charge in [0.25, 0.3) is 21.6 Å². The molecule has 0 spiro atoms. The summed E-state index contributed by atoms with van der Waals surface area (Å²) in [6, 6.07) is 6.46. The molecule has 1 saturated heterocycles. The number of aromatic nitrogens is 1. The molecular weight excluding hydrogens is 524 g/mol. The minimum Gasteiger partial charge on any atom is -0.383 e. The molecule has 10 nitrogen and oxygen atoms in total. The van der Waals surface area contributed by atoms with Crippen LogP contribution in [0.25, 0.3) is 10.2 Å². The van der Waals surface area contributed by atoms with Crippen LogP contribution >= 0.6 is 34.3 Å². The van der Waals surface area contributed by atoms with Crippen LogP contribution in [0.3, 0.4) is 0 Å². The van der Waals surface area contributed by atoms with Gasteiger partial charge in [0, 0.05) is 32.3 Å². The molecule has 0 aliphatic carbocycles. The molecule has 3 heterocycles. The molecule has 0 radical (unpaired) electrons. The predicted molar refractivity (Wildman–Crippen MR) is 130 cm³/mol. The summed E-state index contributed by atoms with van der Waals surface area (Å²) in [4.78, 5) is 28.6. The number of nitro benzene ring substituents is 1. The third kappa shape index (κ3) is 4.95. The number of ether oxygens (including phenoxy) is 1. The summed E-state index contributed by atoms with van der Waals surface area (Å²) in [6.45, 7) is 0.931. The Morgan fingerprint density at radius 1 is 1.29 bits per heavy atom. The lowest BCUT2D eigenvalue weighted by Crippen LogP contribution is -2.47. The molecule has 1 fully saturated rings. The number of rotatable bonds is 7. The van der Waals surface area contributed by atoms with E-state index in [1.54, 1.807) is 17.7 Å². The zero-order valence-electron chi connectivity index (χ0n) is 18.0. The maximum absolute atomic E-state index is 13.3. The first-order valence-corrected chi connectivity index (χ1v) is 13.8. The van der Waals surface area contributed by atoms with Crippen molar-refractivity contribution in [2.75, 3.05) is 20.3 Å². The number of piperidine rings is 1. The summed E-state index contributed by atoms with van der Waals surface area (Å²) >= 11 is 8.02. The smallest absolute Gasteiger partial charge is 0.270 e.